The zero-order valence-electron chi connectivity index (χ0n) is 11.8. The van der Waals surface area contributed by atoms with Crippen LogP contribution in [0.15, 0.2) is 28.6 Å². The number of nitro groups is 1. The number of aromatic nitrogens is 2. The molecular formula is C13H14N4O3S2. The van der Waals surface area contributed by atoms with E-state index in [-0.39, 0.29) is 11.3 Å². The topological polar surface area (TPSA) is 98.0 Å². The van der Waals surface area contributed by atoms with E-state index in [0.29, 0.717) is 5.13 Å². The molecule has 2 rings (SSSR count). The molecule has 1 aromatic heterocycles. The van der Waals surface area contributed by atoms with Crippen molar-refractivity contribution >= 4 is 39.8 Å². The second kappa shape index (κ2) is 7.85. The van der Waals surface area contributed by atoms with Crippen LogP contribution >= 0.6 is 23.1 Å². The summed E-state index contributed by atoms with van der Waals surface area (Å²) in [7, 11) is 0. The van der Waals surface area contributed by atoms with Crippen LogP contribution in [-0.4, -0.2) is 26.8 Å². The van der Waals surface area contributed by atoms with E-state index in [9.17, 15) is 14.9 Å². The van der Waals surface area contributed by atoms with Crippen molar-refractivity contribution in [1.82, 2.24) is 10.2 Å². The third kappa shape index (κ3) is 4.25. The van der Waals surface area contributed by atoms with Gasteiger partial charge in [0.1, 0.15) is 5.56 Å². The van der Waals surface area contributed by atoms with Crippen LogP contribution in [0.1, 0.15) is 30.1 Å². The number of para-hydroxylation sites is 1. The molecule has 2 aromatic rings. The smallest absolute Gasteiger partial charge is 0.282 e. The average molecular weight is 338 g/mol. The number of amides is 1. The fourth-order valence-electron chi connectivity index (χ4n) is 1.61. The fourth-order valence-corrected chi connectivity index (χ4v) is 3.51. The van der Waals surface area contributed by atoms with Gasteiger partial charge in [-0.3, -0.25) is 20.2 Å². The third-order valence-corrected chi connectivity index (χ3v) is 4.75. The summed E-state index contributed by atoms with van der Waals surface area (Å²) < 4.78 is 0.770. The van der Waals surface area contributed by atoms with Crippen LogP contribution in [-0.2, 0) is 0 Å². The second-order valence-corrected chi connectivity index (χ2v) is 6.62. The van der Waals surface area contributed by atoms with Gasteiger partial charge in [0.2, 0.25) is 5.13 Å². The summed E-state index contributed by atoms with van der Waals surface area (Å²) in [5, 5.41) is 21.7. The normalized spacial score (nSPS) is 10.4. The van der Waals surface area contributed by atoms with E-state index in [1.807, 2.05) is 0 Å². The lowest BCUT2D eigenvalue weighted by Gasteiger charge is -2.01. The summed E-state index contributed by atoms with van der Waals surface area (Å²) in [6, 6.07) is 5.79. The van der Waals surface area contributed by atoms with Gasteiger partial charge in [0, 0.05) is 11.8 Å². The van der Waals surface area contributed by atoms with Gasteiger partial charge in [0.05, 0.1) is 4.92 Å². The van der Waals surface area contributed by atoms with Crippen LogP contribution in [0.3, 0.4) is 0 Å². The lowest BCUT2D eigenvalue weighted by molar-refractivity contribution is -0.385. The molecular weight excluding hydrogens is 324 g/mol. The average Bonchev–Trinajstić information content (AvgIpc) is 2.95. The van der Waals surface area contributed by atoms with Gasteiger partial charge in [-0.05, 0) is 12.5 Å². The second-order valence-electron chi connectivity index (χ2n) is 4.30. The maximum absolute atomic E-state index is 12.1. The molecule has 0 unspecified atom stereocenters. The van der Waals surface area contributed by atoms with Gasteiger partial charge in [0.25, 0.3) is 11.6 Å². The molecule has 1 amide bonds. The Morgan fingerprint density at radius 3 is 2.91 bits per heavy atom. The Morgan fingerprint density at radius 2 is 2.18 bits per heavy atom. The zero-order chi connectivity index (χ0) is 15.9. The molecule has 0 saturated carbocycles. The number of nitro benzene ring substituents is 1. The molecule has 1 aromatic carbocycles. The predicted molar refractivity (Wildman–Crippen MR) is 86.6 cm³/mol. The number of carbonyl (C=O) groups excluding carboxylic acids is 1. The first-order valence-corrected chi connectivity index (χ1v) is 8.43. The standard InChI is InChI=1S/C13H14N4O3S2/c1-2-3-8-21-13-16-15-12(22-13)14-11(18)9-6-4-5-7-10(9)17(19)20/h4-7H,2-3,8H2,1H3,(H,14,15,18). The molecule has 0 bridgehead atoms. The first kappa shape index (κ1) is 16.4. The number of nitrogens with one attached hydrogen (secondary N) is 1. The summed E-state index contributed by atoms with van der Waals surface area (Å²) in [6.45, 7) is 2.11. The van der Waals surface area contributed by atoms with Gasteiger partial charge in [-0.1, -0.05) is 48.6 Å². The Morgan fingerprint density at radius 1 is 1.41 bits per heavy atom. The van der Waals surface area contributed by atoms with Gasteiger partial charge >= 0.3 is 0 Å². The predicted octanol–water partition coefficient (Wildman–Crippen LogP) is 3.59. The van der Waals surface area contributed by atoms with Crippen LogP contribution in [0.2, 0.25) is 0 Å². The number of benzene rings is 1. The van der Waals surface area contributed by atoms with E-state index in [2.05, 4.69) is 22.4 Å². The van der Waals surface area contributed by atoms with Crippen LogP contribution in [0, 0.1) is 10.1 Å². The molecule has 0 saturated heterocycles. The molecule has 0 aliphatic heterocycles. The number of thioether (sulfide) groups is 1. The van der Waals surface area contributed by atoms with Crippen LogP contribution < -0.4 is 5.32 Å². The first-order valence-electron chi connectivity index (χ1n) is 6.63. The van der Waals surface area contributed by atoms with Crippen LogP contribution in [0.25, 0.3) is 0 Å². The molecule has 1 N–H and O–H groups in total. The van der Waals surface area contributed by atoms with Gasteiger partial charge in [0.15, 0.2) is 4.34 Å². The summed E-state index contributed by atoms with van der Waals surface area (Å²) in [6.07, 6.45) is 2.19. The lowest BCUT2D eigenvalue weighted by Crippen LogP contribution is -2.13. The van der Waals surface area contributed by atoms with E-state index in [1.54, 1.807) is 17.8 Å². The number of anilines is 1. The first-order chi connectivity index (χ1) is 10.6. The number of rotatable bonds is 7. The summed E-state index contributed by atoms with van der Waals surface area (Å²) >= 11 is 2.84. The number of carbonyl (C=O) groups is 1. The Balaban J connectivity index is 2.05. The molecule has 9 heteroatoms. The highest BCUT2D eigenvalue weighted by Crippen LogP contribution is 2.27. The molecule has 0 atom stereocenters. The lowest BCUT2D eigenvalue weighted by atomic mass is 10.1. The quantitative estimate of drug-likeness (QED) is 0.272. The van der Waals surface area contributed by atoms with E-state index in [4.69, 9.17) is 0 Å². The molecule has 22 heavy (non-hydrogen) atoms. The van der Waals surface area contributed by atoms with E-state index in [1.165, 1.54) is 29.5 Å². The molecule has 0 fully saturated rings. The zero-order valence-corrected chi connectivity index (χ0v) is 13.4. The van der Waals surface area contributed by atoms with Crippen molar-refractivity contribution in [2.75, 3.05) is 11.1 Å². The van der Waals surface area contributed by atoms with Crippen LogP contribution in [0.5, 0.6) is 0 Å². The molecule has 116 valence electrons. The number of nitrogens with zero attached hydrogens (tertiary/aromatic N) is 3. The van der Waals surface area contributed by atoms with Crippen molar-refractivity contribution in [3.8, 4) is 0 Å². The highest BCUT2D eigenvalue weighted by atomic mass is 32.2. The Labute approximate surface area is 135 Å². The highest BCUT2D eigenvalue weighted by molar-refractivity contribution is 8.01. The minimum atomic E-state index is -0.582. The molecule has 0 aliphatic carbocycles. The van der Waals surface area contributed by atoms with Crippen molar-refractivity contribution in [3.05, 3.63) is 39.9 Å². The number of unbranched alkanes of at least 4 members (excludes halogenated alkanes) is 1. The Bertz CT molecular complexity index is 675. The fraction of sp³-hybridized carbons (Fsp3) is 0.308. The van der Waals surface area contributed by atoms with Crippen molar-refractivity contribution in [3.63, 3.8) is 0 Å². The Kier molecular flexibility index (Phi) is 5.84. The van der Waals surface area contributed by atoms with Gasteiger partial charge in [-0.15, -0.1) is 10.2 Å². The molecule has 1 heterocycles. The number of hydrogen-bond acceptors (Lipinski definition) is 7. The van der Waals surface area contributed by atoms with Gasteiger partial charge in [-0.25, -0.2) is 0 Å². The van der Waals surface area contributed by atoms with Crippen molar-refractivity contribution < 1.29 is 9.72 Å². The van der Waals surface area contributed by atoms with E-state index < -0.39 is 10.8 Å². The van der Waals surface area contributed by atoms with E-state index >= 15 is 0 Å². The van der Waals surface area contributed by atoms with Crippen LogP contribution in [0.4, 0.5) is 10.8 Å². The Hall–Kier alpha value is -2.00. The molecule has 7 nitrogen and oxygen atoms in total. The van der Waals surface area contributed by atoms with Crippen molar-refractivity contribution in [2.24, 2.45) is 0 Å². The summed E-state index contributed by atoms with van der Waals surface area (Å²) in [5.41, 5.74) is -0.232. The molecule has 0 radical (unpaired) electrons. The van der Waals surface area contributed by atoms with Crippen molar-refractivity contribution in [1.29, 1.82) is 0 Å². The maximum atomic E-state index is 12.1. The van der Waals surface area contributed by atoms with Gasteiger partial charge in [-0.2, -0.15) is 0 Å². The largest absolute Gasteiger partial charge is 0.296 e. The minimum Gasteiger partial charge on any atom is -0.296 e. The SMILES string of the molecule is CCCCSc1nnc(NC(=O)c2ccccc2[N+](=O)[O-])s1. The van der Waals surface area contributed by atoms with Crippen molar-refractivity contribution in [2.45, 2.75) is 24.1 Å². The summed E-state index contributed by atoms with van der Waals surface area (Å²) in [5.74, 6) is 0.386. The molecule has 0 aliphatic rings. The van der Waals surface area contributed by atoms with Gasteiger partial charge < -0.3 is 0 Å². The number of hydrogen-bond donors (Lipinski definition) is 1. The highest BCUT2D eigenvalue weighted by Gasteiger charge is 2.20. The molecule has 0 spiro atoms. The third-order valence-electron chi connectivity index (χ3n) is 2.70. The maximum Gasteiger partial charge on any atom is 0.282 e. The van der Waals surface area contributed by atoms with E-state index in [0.717, 1.165) is 22.9 Å². The minimum absolute atomic E-state index is 0.00267. The monoisotopic (exact) mass is 338 g/mol. The summed E-state index contributed by atoms with van der Waals surface area (Å²) in [4.78, 5) is 22.5.